The Kier molecular flexibility index (Phi) is 7.33. The maximum Gasteiger partial charge on any atom is 0.337 e. The fourth-order valence-corrected chi connectivity index (χ4v) is 4.07. The van der Waals surface area contributed by atoms with Gasteiger partial charge in [0.15, 0.2) is 11.5 Å². The van der Waals surface area contributed by atoms with E-state index in [2.05, 4.69) is 5.32 Å². The molecule has 0 amide bonds. The van der Waals surface area contributed by atoms with Crippen molar-refractivity contribution in [2.24, 2.45) is 0 Å². The highest BCUT2D eigenvalue weighted by atomic mass is 35.5. The molecule has 2 aromatic carbocycles. The maximum absolute atomic E-state index is 12.1. The molecule has 1 aromatic heterocycles. The molecule has 0 aliphatic heterocycles. The van der Waals surface area contributed by atoms with E-state index in [0.717, 1.165) is 22.5 Å². The van der Waals surface area contributed by atoms with E-state index in [1.54, 1.807) is 33.5 Å². The van der Waals surface area contributed by atoms with Crippen molar-refractivity contribution in [2.45, 2.75) is 26.9 Å². The molecule has 0 aliphatic rings. The average molecular weight is 459 g/mol. The molecule has 0 atom stereocenters. The first kappa shape index (κ1) is 23.5. The molecule has 8 heteroatoms. The molecule has 7 nitrogen and oxygen atoms in total. The molecule has 0 bridgehead atoms. The van der Waals surface area contributed by atoms with Gasteiger partial charge in [0.2, 0.25) is 5.75 Å². The van der Waals surface area contributed by atoms with E-state index in [-0.39, 0.29) is 0 Å². The Bertz CT molecular complexity index is 1100. The Balaban J connectivity index is 1.89. The van der Waals surface area contributed by atoms with Crippen LogP contribution in [0.15, 0.2) is 36.4 Å². The third kappa shape index (κ3) is 4.54. The van der Waals surface area contributed by atoms with Crippen LogP contribution in [0.4, 0.5) is 0 Å². The first-order valence-electron chi connectivity index (χ1n) is 10.0. The molecule has 0 spiro atoms. The smallest absolute Gasteiger partial charge is 0.337 e. The number of carboxylic acid groups (broad SMARTS) is 1. The summed E-state index contributed by atoms with van der Waals surface area (Å²) in [4.78, 5) is 12.1. The SMILES string of the molecule is COc1cc(CNCc2c(C(=O)O)c(C)n(-c3ccc(Cl)cc3)c2C)cc(OC)c1OC. The molecule has 3 rings (SSSR count). The molecule has 2 N–H and O–H groups in total. The molecule has 0 saturated heterocycles. The highest BCUT2D eigenvalue weighted by molar-refractivity contribution is 6.30. The number of aromatic nitrogens is 1. The largest absolute Gasteiger partial charge is 0.493 e. The summed E-state index contributed by atoms with van der Waals surface area (Å²) >= 11 is 6.02. The summed E-state index contributed by atoms with van der Waals surface area (Å²) in [6, 6.07) is 11.1. The third-order valence-electron chi connectivity index (χ3n) is 5.43. The molecule has 32 heavy (non-hydrogen) atoms. The monoisotopic (exact) mass is 458 g/mol. The van der Waals surface area contributed by atoms with E-state index in [0.29, 0.717) is 46.6 Å². The summed E-state index contributed by atoms with van der Waals surface area (Å²) in [7, 11) is 4.70. The second-order valence-electron chi connectivity index (χ2n) is 7.28. The summed E-state index contributed by atoms with van der Waals surface area (Å²) in [5, 5.41) is 13.8. The van der Waals surface area contributed by atoms with Gasteiger partial charge in [-0.2, -0.15) is 0 Å². The van der Waals surface area contributed by atoms with Crippen LogP contribution < -0.4 is 19.5 Å². The zero-order valence-electron chi connectivity index (χ0n) is 18.8. The van der Waals surface area contributed by atoms with E-state index < -0.39 is 5.97 Å². The lowest BCUT2D eigenvalue weighted by atomic mass is 10.1. The molecule has 0 radical (unpaired) electrons. The fraction of sp³-hybridized carbons (Fsp3) is 0.292. The summed E-state index contributed by atoms with van der Waals surface area (Å²) in [6.45, 7) is 4.60. The predicted octanol–water partition coefficient (Wildman–Crippen LogP) is 4.76. The van der Waals surface area contributed by atoms with Crippen molar-refractivity contribution in [1.82, 2.24) is 9.88 Å². The molecule has 170 valence electrons. The Morgan fingerprint density at radius 3 is 2.06 bits per heavy atom. The van der Waals surface area contributed by atoms with Gasteiger partial charge >= 0.3 is 5.97 Å². The van der Waals surface area contributed by atoms with Gasteiger partial charge in [-0.15, -0.1) is 0 Å². The first-order valence-corrected chi connectivity index (χ1v) is 10.4. The van der Waals surface area contributed by atoms with Gasteiger partial charge in [0.25, 0.3) is 0 Å². The number of hydrogen-bond donors (Lipinski definition) is 2. The lowest BCUT2D eigenvalue weighted by Crippen LogP contribution is -2.16. The Morgan fingerprint density at radius 2 is 1.56 bits per heavy atom. The Hall–Kier alpha value is -3.16. The lowest BCUT2D eigenvalue weighted by Gasteiger charge is -2.14. The zero-order chi connectivity index (χ0) is 23.4. The highest BCUT2D eigenvalue weighted by Gasteiger charge is 2.23. The van der Waals surface area contributed by atoms with Crippen LogP contribution in [0.1, 0.15) is 32.9 Å². The van der Waals surface area contributed by atoms with Crippen molar-refractivity contribution < 1.29 is 24.1 Å². The minimum Gasteiger partial charge on any atom is -0.493 e. The zero-order valence-corrected chi connectivity index (χ0v) is 19.5. The summed E-state index contributed by atoms with van der Waals surface area (Å²) in [5.74, 6) is 0.702. The minimum atomic E-state index is -0.956. The van der Waals surface area contributed by atoms with E-state index in [1.165, 1.54) is 0 Å². The van der Waals surface area contributed by atoms with Crippen LogP contribution in [0.25, 0.3) is 5.69 Å². The van der Waals surface area contributed by atoms with Crippen LogP contribution in [0.2, 0.25) is 5.02 Å². The van der Waals surface area contributed by atoms with Crippen LogP contribution in [0.5, 0.6) is 17.2 Å². The van der Waals surface area contributed by atoms with Crippen LogP contribution in [-0.4, -0.2) is 37.0 Å². The van der Waals surface area contributed by atoms with Crippen molar-refractivity contribution in [2.75, 3.05) is 21.3 Å². The van der Waals surface area contributed by atoms with E-state index in [4.69, 9.17) is 25.8 Å². The van der Waals surface area contributed by atoms with E-state index in [9.17, 15) is 9.90 Å². The third-order valence-corrected chi connectivity index (χ3v) is 5.68. The number of rotatable bonds is 9. The quantitative estimate of drug-likeness (QED) is 0.481. The van der Waals surface area contributed by atoms with Gasteiger partial charge in [0.05, 0.1) is 26.9 Å². The number of methoxy groups -OCH3 is 3. The van der Waals surface area contributed by atoms with Crippen molar-refractivity contribution in [3.63, 3.8) is 0 Å². The van der Waals surface area contributed by atoms with E-state index in [1.807, 2.05) is 42.7 Å². The van der Waals surface area contributed by atoms with E-state index >= 15 is 0 Å². The number of carboxylic acids is 1. The van der Waals surface area contributed by atoms with Gasteiger partial charge in [-0.05, 0) is 55.8 Å². The van der Waals surface area contributed by atoms with Gasteiger partial charge in [-0.1, -0.05) is 11.6 Å². The topological polar surface area (TPSA) is 82.0 Å². The van der Waals surface area contributed by atoms with Gasteiger partial charge < -0.3 is 29.2 Å². The number of ether oxygens (including phenoxy) is 3. The predicted molar refractivity (Wildman–Crippen MR) is 124 cm³/mol. The standard InChI is InChI=1S/C24H27ClN2O5/c1-14-19(13-26-12-16-10-20(30-3)23(32-5)21(11-16)31-4)22(24(28)29)15(2)27(14)18-8-6-17(25)7-9-18/h6-11,26H,12-13H2,1-5H3,(H,28,29). The molecule has 0 fully saturated rings. The fourth-order valence-electron chi connectivity index (χ4n) is 3.94. The minimum absolute atomic E-state index is 0.301. The molecular formula is C24H27ClN2O5. The summed E-state index contributed by atoms with van der Waals surface area (Å²) in [5.41, 5.74) is 4.35. The maximum atomic E-state index is 12.1. The lowest BCUT2D eigenvalue weighted by molar-refractivity contribution is 0.0695. The molecular weight excluding hydrogens is 432 g/mol. The average Bonchev–Trinajstić information content (AvgIpc) is 3.03. The van der Waals surface area contributed by atoms with Gasteiger partial charge in [0.1, 0.15) is 0 Å². The van der Waals surface area contributed by atoms with Crippen LogP contribution in [0.3, 0.4) is 0 Å². The van der Waals surface area contributed by atoms with Crippen LogP contribution >= 0.6 is 11.6 Å². The van der Waals surface area contributed by atoms with Gasteiger partial charge in [0, 0.05) is 40.8 Å². The van der Waals surface area contributed by atoms with Crippen molar-refractivity contribution in [3.05, 3.63) is 69.5 Å². The van der Waals surface area contributed by atoms with Gasteiger partial charge in [-0.3, -0.25) is 0 Å². The number of carbonyl (C=O) groups is 1. The number of nitrogens with one attached hydrogen (secondary N) is 1. The van der Waals surface area contributed by atoms with Crippen LogP contribution in [0, 0.1) is 13.8 Å². The van der Waals surface area contributed by atoms with Crippen molar-refractivity contribution in [3.8, 4) is 22.9 Å². The molecule has 3 aromatic rings. The van der Waals surface area contributed by atoms with Gasteiger partial charge in [-0.25, -0.2) is 4.79 Å². The highest BCUT2D eigenvalue weighted by Crippen LogP contribution is 2.38. The summed E-state index contributed by atoms with van der Waals surface area (Å²) in [6.07, 6.45) is 0. The first-order chi connectivity index (χ1) is 15.3. The second-order valence-corrected chi connectivity index (χ2v) is 7.71. The molecule has 0 unspecified atom stereocenters. The normalized spacial score (nSPS) is 10.8. The molecule has 0 saturated carbocycles. The Morgan fingerprint density at radius 1 is 0.969 bits per heavy atom. The number of benzene rings is 2. The van der Waals surface area contributed by atoms with Crippen molar-refractivity contribution >= 4 is 17.6 Å². The number of aromatic carboxylic acids is 1. The number of halogens is 1. The summed E-state index contributed by atoms with van der Waals surface area (Å²) < 4.78 is 18.1. The Labute approximate surface area is 192 Å². The molecule has 0 aliphatic carbocycles. The number of hydrogen-bond acceptors (Lipinski definition) is 5. The number of nitrogens with zero attached hydrogens (tertiary/aromatic N) is 1. The second kappa shape index (κ2) is 9.97. The van der Waals surface area contributed by atoms with Crippen LogP contribution in [-0.2, 0) is 13.1 Å². The molecule has 1 heterocycles. The van der Waals surface area contributed by atoms with Crippen molar-refractivity contribution in [1.29, 1.82) is 0 Å².